The lowest BCUT2D eigenvalue weighted by molar-refractivity contribution is 0.967. The average Bonchev–Trinajstić information content (AvgIpc) is 2.64. The van der Waals surface area contributed by atoms with Gasteiger partial charge in [0, 0.05) is 0 Å². The largest absolute Gasteiger partial charge is 0.0856 e. The molecule has 0 aromatic heterocycles. The molecule has 0 amide bonds. The molecule has 30 heavy (non-hydrogen) atoms. The Kier molecular flexibility index (Phi) is 15.8. The van der Waals surface area contributed by atoms with Crippen LogP contribution in [0.3, 0.4) is 0 Å². The minimum atomic E-state index is 1.12. The van der Waals surface area contributed by atoms with Crippen molar-refractivity contribution < 1.29 is 0 Å². The van der Waals surface area contributed by atoms with Crippen LogP contribution in [0.1, 0.15) is 68.2 Å². The predicted octanol–water partition coefficient (Wildman–Crippen LogP) is 9.71. The molecule has 0 N–H and O–H groups in total. The normalized spacial score (nSPS) is 14.5. The summed E-state index contributed by atoms with van der Waals surface area (Å²) in [4.78, 5) is 0. The molecule has 0 heterocycles. The van der Waals surface area contributed by atoms with Crippen LogP contribution in [0.5, 0.6) is 0 Å². The molecule has 0 aromatic rings. The molecule has 0 saturated carbocycles. The SMILES string of the molecule is CC(C)=C/C=C/C(C)=C/C=C/C(C)=C/C=C/C=C(C)/C=C/C=C(\C)CCC=C(C)C. The van der Waals surface area contributed by atoms with Gasteiger partial charge in [0.15, 0.2) is 0 Å². The summed E-state index contributed by atoms with van der Waals surface area (Å²) in [5.74, 6) is 0. The van der Waals surface area contributed by atoms with E-state index in [1.54, 1.807) is 0 Å². The van der Waals surface area contributed by atoms with Crippen molar-refractivity contribution in [1.29, 1.82) is 0 Å². The summed E-state index contributed by atoms with van der Waals surface area (Å²) in [6.07, 6.45) is 32.1. The molecule has 0 saturated heterocycles. The topological polar surface area (TPSA) is 0 Å². The van der Waals surface area contributed by atoms with Crippen molar-refractivity contribution in [1.82, 2.24) is 0 Å². The van der Waals surface area contributed by atoms with Crippen molar-refractivity contribution in [2.24, 2.45) is 0 Å². The molecule has 0 spiro atoms. The van der Waals surface area contributed by atoms with E-state index in [-0.39, 0.29) is 0 Å². The zero-order valence-electron chi connectivity index (χ0n) is 20.5. The zero-order chi connectivity index (χ0) is 22.8. The lowest BCUT2D eigenvalue weighted by Gasteiger charge is -1.96. The molecule has 0 bridgehead atoms. The van der Waals surface area contributed by atoms with Crippen LogP contribution in [0.2, 0.25) is 0 Å². The van der Waals surface area contributed by atoms with Crippen LogP contribution in [0.4, 0.5) is 0 Å². The van der Waals surface area contributed by atoms with E-state index in [2.05, 4.69) is 140 Å². The molecule has 162 valence electrons. The van der Waals surface area contributed by atoms with E-state index in [1.165, 1.54) is 33.4 Å². The third kappa shape index (κ3) is 18.7. The zero-order valence-corrected chi connectivity index (χ0v) is 20.5. The van der Waals surface area contributed by atoms with Crippen LogP contribution in [0.15, 0.2) is 119 Å². The van der Waals surface area contributed by atoms with E-state index in [0.29, 0.717) is 0 Å². The van der Waals surface area contributed by atoms with Crippen LogP contribution in [0, 0.1) is 0 Å². The van der Waals surface area contributed by atoms with Crippen molar-refractivity contribution in [3.05, 3.63) is 119 Å². The summed E-state index contributed by atoms with van der Waals surface area (Å²) < 4.78 is 0. The molecule has 0 unspecified atom stereocenters. The van der Waals surface area contributed by atoms with E-state index >= 15 is 0 Å². The van der Waals surface area contributed by atoms with Gasteiger partial charge >= 0.3 is 0 Å². The van der Waals surface area contributed by atoms with Gasteiger partial charge in [-0.15, -0.1) is 0 Å². The first kappa shape index (κ1) is 27.4. The molecule has 0 aliphatic carbocycles. The maximum absolute atomic E-state index is 2.29. The molecule has 0 nitrogen and oxygen atoms in total. The van der Waals surface area contributed by atoms with Gasteiger partial charge in [-0.1, -0.05) is 119 Å². The molecular formula is C30H42. The summed E-state index contributed by atoms with van der Waals surface area (Å²) in [6, 6.07) is 0. The van der Waals surface area contributed by atoms with Crippen molar-refractivity contribution in [3.8, 4) is 0 Å². The summed E-state index contributed by atoms with van der Waals surface area (Å²) >= 11 is 0. The first-order valence-corrected chi connectivity index (χ1v) is 10.9. The standard InChI is InChI=1S/C30H42/c1-25(2)15-11-19-29(7)23-13-21-27(5)17-9-10-18-28(6)22-14-24-30(8)20-12-16-26(3)4/h9-11,13-19,21-24H,12,20H2,1-8H3/b10-9+,19-11+,21-13+,22-14+,27-17+,28-18+,29-23+,30-24+. The van der Waals surface area contributed by atoms with Crippen molar-refractivity contribution in [3.63, 3.8) is 0 Å². The highest BCUT2D eigenvalue weighted by Crippen LogP contribution is 2.07. The van der Waals surface area contributed by atoms with E-state index in [4.69, 9.17) is 0 Å². The average molecular weight is 403 g/mol. The van der Waals surface area contributed by atoms with Gasteiger partial charge in [0.1, 0.15) is 0 Å². The lowest BCUT2D eigenvalue weighted by Crippen LogP contribution is -1.76. The first-order valence-electron chi connectivity index (χ1n) is 10.9. The summed E-state index contributed by atoms with van der Waals surface area (Å²) in [5.41, 5.74) is 7.81. The van der Waals surface area contributed by atoms with Crippen LogP contribution in [0.25, 0.3) is 0 Å². The maximum Gasteiger partial charge on any atom is -0.0285 e. The Balaban J connectivity index is 4.59. The Morgan fingerprint density at radius 1 is 0.467 bits per heavy atom. The van der Waals surface area contributed by atoms with Crippen LogP contribution < -0.4 is 0 Å². The maximum atomic E-state index is 2.29. The minimum Gasteiger partial charge on any atom is -0.0856 e. The van der Waals surface area contributed by atoms with Gasteiger partial charge in [0.25, 0.3) is 0 Å². The fraction of sp³-hybridized carbons (Fsp3) is 0.333. The van der Waals surface area contributed by atoms with Crippen LogP contribution in [-0.4, -0.2) is 0 Å². The molecular weight excluding hydrogens is 360 g/mol. The molecule has 0 heteroatoms. The van der Waals surface area contributed by atoms with Gasteiger partial charge in [0.2, 0.25) is 0 Å². The van der Waals surface area contributed by atoms with Crippen molar-refractivity contribution in [2.75, 3.05) is 0 Å². The van der Waals surface area contributed by atoms with E-state index in [1.807, 2.05) is 0 Å². The highest BCUT2D eigenvalue weighted by molar-refractivity contribution is 5.31. The van der Waals surface area contributed by atoms with Crippen molar-refractivity contribution in [2.45, 2.75) is 68.2 Å². The van der Waals surface area contributed by atoms with Crippen LogP contribution in [-0.2, 0) is 0 Å². The minimum absolute atomic E-state index is 1.12. The molecule has 0 aliphatic rings. The van der Waals surface area contributed by atoms with Gasteiger partial charge < -0.3 is 0 Å². The summed E-state index contributed by atoms with van der Waals surface area (Å²) in [7, 11) is 0. The van der Waals surface area contributed by atoms with E-state index < -0.39 is 0 Å². The molecule has 0 aliphatic heterocycles. The quantitative estimate of drug-likeness (QED) is 0.238. The number of hydrogen-bond donors (Lipinski definition) is 0. The Labute approximate surface area is 186 Å². The van der Waals surface area contributed by atoms with Crippen molar-refractivity contribution >= 4 is 0 Å². The van der Waals surface area contributed by atoms with Gasteiger partial charge in [-0.25, -0.2) is 0 Å². The Bertz CT molecular complexity index is 798. The summed E-state index contributed by atoms with van der Waals surface area (Å²) in [6.45, 7) is 17.0. The molecule has 0 rings (SSSR count). The second-order valence-electron chi connectivity index (χ2n) is 8.27. The fourth-order valence-electron chi connectivity index (χ4n) is 2.36. The Morgan fingerprint density at radius 3 is 1.37 bits per heavy atom. The van der Waals surface area contributed by atoms with Gasteiger partial charge in [-0.3, -0.25) is 0 Å². The smallest absolute Gasteiger partial charge is 0.0285 e. The molecule has 0 aromatic carbocycles. The lowest BCUT2D eigenvalue weighted by atomic mass is 10.1. The second kappa shape index (κ2) is 17.3. The Morgan fingerprint density at radius 2 is 0.900 bits per heavy atom. The van der Waals surface area contributed by atoms with E-state index in [0.717, 1.165) is 12.8 Å². The third-order valence-electron chi connectivity index (χ3n) is 4.17. The number of allylic oxidation sites excluding steroid dienone is 20. The number of rotatable bonds is 11. The highest BCUT2D eigenvalue weighted by Gasteiger charge is 1.87. The fourth-order valence-corrected chi connectivity index (χ4v) is 2.36. The van der Waals surface area contributed by atoms with Gasteiger partial charge in [-0.2, -0.15) is 0 Å². The number of hydrogen-bond acceptors (Lipinski definition) is 0. The molecule has 0 radical (unpaired) electrons. The monoisotopic (exact) mass is 402 g/mol. The van der Waals surface area contributed by atoms with Crippen LogP contribution >= 0.6 is 0 Å². The Hall–Kier alpha value is -2.60. The van der Waals surface area contributed by atoms with Gasteiger partial charge in [-0.05, 0) is 68.2 Å². The summed E-state index contributed by atoms with van der Waals surface area (Å²) in [5, 5.41) is 0. The third-order valence-corrected chi connectivity index (χ3v) is 4.17. The van der Waals surface area contributed by atoms with E-state index in [9.17, 15) is 0 Å². The first-order chi connectivity index (χ1) is 14.2. The van der Waals surface area contributed by atoms with Gasteiger partial charge in [0.05, 0.1) is 0 Å². The second-order valence-corrected chi connectivity index (χ2v) is 8.27. The molecule has 0 atom stereocenters. The molecule has 0 fully saturated rings. The highest BCUT2D eigenvalue weighted by atomic mass is 13.9. The predicted molar refractivity (Wildman–Crippen MR) is 140 cm³/mol.